The van der Waals surface area contributed by atoms with E-state index in [2.05, 4.69) is 18.7 Å². The summed E-state index contributed by atoms with van der Waals surface area (Å²) in [7, 11) is 1.98. The molecule has 1 fully saturated rings. The lowest BCUT2D eigenvalue weighted by molar-refractivity contribution is 0.237. The molecule has 0 heterocycles. The van der Waals surface area contributed by atoms with Gasteiger partial charge in [-0.2, -0.15) is 0 Å². The van der Waals surface area contributed by atoms with Crippen LogP contribution in [0.25, 0.3) is 0 Å². The van der Waals surface area contributed by atoms with E-state index in [4.69, 9.17) is 0 Å². The highest BCUT2D eigenvalue weighted by Crippen LogP contribution is 2.31. The number of alkyl halides is 1. The molecular weight excluding hydrogens is 117 g/mol. The Bertz CT molecular complexity index is 103. The minimum absolute atomic E-state index is 0.227. The van der Waals surface area contributed by atoms with Crippen LogP contribution in [-0.2, 0) is 0 Å². The van der Waals surface area contributed by atoms with E-state index in [9.17, 15) is 4.39 Å². The summed E-state index contributed by atoms with van der Waals surface area (Å²) < 4.78 is 12.3. The highest BCUT2D eigenvalue weighted by atomic mass is 19.1. The summed E-state index contributed by atoms with van der Waals surface area (Å²) >= 11 is 0. The minimum Gasteiger partial charge on any atom is -0.298 e. The second-order valence-electron chi connectivity index (χ2n) is 3.08. The van der Waals surface area contributed by atoms with Crippen molar-refractivity contribution in [3.63, 3.8) is 0 Å². The van der Waals surface area contributed by atoms with Gasteiger partial charge in [-0.3, -0.25) is 4.90 Å². The van der Waals surface area contributed by atoms with Crippen LogP contribution in [0.15, 0.2) is 0 Å². The normalized spacial score (nSPS) is 34.0. The molecule has 1 aliphatic carbocycles. The van der Waals surface area contributed by atoms with E-state index in [-0.39, 0.29) is 6.04 Å². The fourth-order valence-corrected chi connectivity index (χ4v) is 0.956. The second-order valence-corrected chi connectivity index (χ2v) is 3.08. The van der Waals surface area contributed by atoms with Crippen molar-refractivity contribution in [2.75, 3.05) is 7.05 Å². The van der Waals surface area contributed by atoms with Gasteiger partial charge in [0.05, 0.1) is 0 Å². The van der Waals surface area contributed by atoms with Crippen LogP contribution in [0.4, 0.5) is 4.39 Å². The first kappa shape index (κ1) is 7.00. The number of nitrogens with zero attached hydrogens (tertiary/aromatic N) is 1. The van der Waals surface area contributed by atoms with Crippen molar-refractivity contribution in [3.8, 4) is 0 Å². The summed E-state index contributed by atoms with van der Waals surface area (Å²) in [5.74, 6) is 0. The van der Waals surface area contributed by atoms with Crippen molar-refractivity contribution in [1.29, 1.82) is 0 Å². The summed E-state index contributed by atoms with van der Waals surface area (Å²) in [4.78, 5) is 2.09. The van der Waals surface area contributed by atoms with E-state index in [0.29, 0.717) is 6.04 Å². The summed E-state index contributed by atoms with van der Waals surface area (Å²) in [6.45, 7) is 4.18. The molecular formula is C7H14FN. The molecule has 9 heavy (non-hydrogen) atoms. The lowest BCUT2D eigenvalue weighted by Gasteiger charge is -2.19. The van der Waals surface area contributed by atoms with Crippen LogP contribution in [0.5, 0.6) is 0 Å². The van der Waals surface area contributed by atoms with Crippen molar-refractivity contribution < 1.29 is 4.39 Å². The summed E-state index contributed by atoms with van der Waals surface area (Å²) in [6, 6.07) is 0.709. The predicted octanol–water partition coefficient (Wildman–Crippen LogP) is 1.44. The van der Waals surface area contributed by atoms with Gasteiger partial charge < -0.3 is 0 Å². The molecule has 1 aliphatic rings. The average molecular weight is 131 g/mol. The molecule has 0 saturated heterocycles. The first-order valence-electron chi connectivity index (χ1n) is 3.49. The molecule has 2 atom stereocenters. The van der Waals surface area contributed by atoms with Crippen LogP contribution in [0, 0.1) is 0 Å². The van der Waals surface area contributed by atoms with Gasteiger partial charge in [0.1, 0.15) is 6.17 Å². The summed E-state index contributed by atoms with van der Waals surface area (Å²) in [5.41, 5.74) is 0. The molecule has 2 heteroatoms. The average Bonchev–Trinajstić information content (AvgIpc) is 2.44. The number of hydrogen-bond acceptors (Lipinski definition) is 1. The van der Waals surface area contributed by atoms with Crippen molar-refractivity contribution in [3.05, 3.63) is 0 Å². The monoisotopic (exact) mass is 131 g/mol. The Kier molecular flexibility index (Phi) is 1.75. The van der Waals surface area contributed by atoms with E-state index < -0.39 is 6.17 Å². The molecule has 0 amide bonds. The van der Waals surface area contributed by atoms with Gasteiger partial charge in [-0.1, -0.05) is 0 Å². The molecule has 0 aromatic heterocycles. The van der Waals surface area contributed by atoms with Gasteiger partial charge in [0.15, 0.2) is 0 Å². The Hall–Kier alpha value is -0.110. The maximum absolute atomic E-state index is 12.3. The topological polar surface area (TPSA) is 3.24 Å². The summed E-state index contributed by atoms with van der Waals surface area (Å²) in [5, 5.41) is 0. The number of hydrogen-bond donors (Lipinski definition) is 0. The summed E-state index contributed by atoms with van der Waals surface area (Å²) in [6.07, 6.45) is 0.201. The van der Waals surface area contributed by atoms with Crippen LogP contribution in [0.1, 0.15) is 20.3 Å². The fraction of sp³-hybridized carbons (Fsp3) is 1.00. The van der Waals surface area contributed by atoms with Crippen LogP contribution in [-0.4, -0.2) is 30.2 Å². The quantitative estimate of drug-likeness (QED) is 0.548. The third-order valence-electron chi connectivity index (χ3n) is 2.02. The molecule has 0 aromatic rings. The highest BCUT2D eigenvalue weighted by molar-refractivity contribution is 4.95. The molecule has 0 radical (unpaired) electrons. The van der Waals surface area contributed by atoms with Crippen molar-refractivity contribution in [2.24, 2.45) is 0 Å². The molecule has 0 N–H and O–H groups in total. The largest absolute Gasteiger partial charge is 0.298 e. The maximum Gasteiger partial charge on any atom is 0.117 e. The molecule has 1 saturated carbocycles. The Morgan fingerprint density at radius 2 is 2.00 bits per heavy atom. The van der Waals surface area contributed by atoms with E-state index in [1.165, 1.54) is 0 Å². The molecule has 0 unspecified atom stereocenters. The van der Waals surface area contributed by atoms with Gasteiger partial charge in [-0.15, -0.1) is 0 Å². The van der Waals surface area contributed by atoms with Gasteiger partial charge in [-0.25, -0.2) is 4.39 Å². The fourth-order valence-electron chi connectivity index (χ4n) is 0.956. The lowest BCUT2D eigenvalue weighted by atomic mass is 10.3. The van der Waals surface area contributed by atoms with E-state index in [1.54, 1.807) is 0 Å². The number of rotatable bonds is 2. The molecule has 0 aliphatic heterocycles. The first-order chi connectivity index (χ1) is 4.13. The molecule has 0 bridgehead atoms. The van der Waals surface area contributed by atoms with Crippen molar-refractivity contribution >= 4 is 0 Å². The van der Waals surface area contributed by atoms with Crippen molar-refractivity contribution in [2.45, 2.75) is 38.5 Å². The van der Waals surface area contributed by atoms with Crippen LogP contribution < -0.4 is 0 Å². The van der Waals surface area contributed by atoms with Crippen molar-refractivity contribution in [1.82, 2.24) is 4.90 Å². The first-order valence-corrected chi connectivity index (χ1v) is 3.49. The van der Waals surface area contributed by atoms with Gasteiger partial charge in [0, 0.05) is 12.1 Å². The predicted molar refractivity (Wildman–Crippen MR) is 36.2 cm³/mol. The zero-order valence-corrected chi connectivity index (χ0v) is 6.26. The third kappa shape index (κ3) is 1.42. The third-order valence-corrected chi connectivity index (χ3v) is 2.02. The zero-order valence-electron chi connectivity index (χ0n) is 6.26. The van der Waals surface area contributed by atoms with Crippen LogP contribution in [0.3, 0.4) is 0 Å². The SMILES string of the molecule is CC(C)N(C)[C@H]1C[C@@H]1F. The Morgan fingerprint density at radius 3 is 2.11 bits per heavy atom. The van der Waals surface area contributed by atoms with Gasteiger partial charge in [-0.05, 0) is 27.3 Å². The van der Waals surface area contributed by atoms with E-state index in [0.717, 1.165) is 6.42 Å². The molecule has 1 rings (SSSR count). The van der Waals surface area contributed by atoms with E-state index >= 15 is 0 Å². The Morgan fingerprint density at radius 1 is 1.56 bits per heavy atom. The van der Waals surface area contributed by atoms with Gasteiger partial charge >= 0.3 is 0 Å². The number of halogens is 1. The molecule has 54 valence electrons. The molecule has 0 aromatic carbocycles. The Labute approximate surface area is 55.8 Å². The minimum atomic E-state index is -0.544. The van der Waals surface area contributed by atoms with Gasteiger partial charge in [0.25, 0.3) is 0 Å². The highest BCUT2D eigenvalue weighted by Gasteiger charge is 2.41. The molecule has 1 nitrogen and oxygen atoms in total. The molecule has 0 spiro atoms. The lowest BCUT2D eigenvalue weighted by Crippen LogP contribution is -2.29. The smallest absolute Gasteiger partial charge is 0.117 e. The Balaban J connectivity index is 2.27. The van der Waals surface area contributed by atoms with Gasteiger partial charge in [0.2, 0.25) is 0 Å². The maximum atomic E-state index is 12.3. The van der Waals surface area contributed by atoms with Crippen LogP contribution >= 0.6 is 0 Å². The van der Waals surface area contributed by atoms with E-state index in [1.807, 2.05) is 7.05 Å². The second kappa shape index (κ2) is 2.25. The van der Waals surface area contributed by atoms with Crippen LogP contribution in [0.2, 0.25) is 0 Å². The zero-order chi connectivity index (χ0) is 7.02. The standard InChI is InChI=1S/C7H14FN/c1-5(2)9(3)7-4-6(7)8/h5-7H,4H2,1-3H3/t6-,7-/m0/s1.